The Morgan fingerprint density at radius 2 is 2.12 bits per heavy atom. The van der Waals surface area contributed by atoms with E-state index in [1.54, 1.807) is 6.07 Å². The van der Waals surface area contributed by atoms with Crippen LogP contribution >= 0.6 is 22.6 Å². The number of carbonyl (C=O) groups is 1. The smallest absolute Gasteiger partial charge is 0.319 e. The van der Waals surface area contributed by atoms with Crippen LogP contribution < -0.4 is 10.6 Å². The molecule has 0 saturated heterocycles. The second kappa shape index (κ2) is 6.66. The number of anilines is 1. The topological polar surface area (TPSA) is 81.6 Å². The van der Waals surface area contributed by atoms with Gasteiger partial charge in [-0.15, -0.1) is 0 Å². The number of para-hydroxylation sites is 1. The van der Waals surface area contributed by atoms with Gasteiger partial charge in [-0.3, -0.25) is 0 Å². The van der Waals surface area contributed by atoms with Crippen molar-refractivity contribution in [1.29, 1.82) is 0 Å². The van der Waals surface area contributed by atoms with Crippen LogP contribution in [-0.4, -0.2) is 35.5 Å². The van der Waals surface area contributed by atoms with Gasteiger partial charge in [-0.05, 0) is 34.7 Å². The fraction of sp³-hybridized carbons (Fsp3) is 0.300. The Hall–Kier alpha value is -0.860. The molecule has 0 spiro atoms. The van der Waals surface area contributed by atoms with Crippen molar-refractivity contribution in [3.63, 3.8) is 0 Å². The quantitative estimate of drug-likeness (QED) is 0.613. The van der Waals surface area contributed by atoms with Gasteiger partial charge in [0.2, 0.25) is 0 Å². The average molecular weight is 336 g/mol. The van der Waals surface area contributed by atoms with Crippen molar-refractivity contribution in [2.24, 2.45) is 0 Å². The molecule has 5 nitrogen and oxygen atoms in total. The van der Waals surface area contributed by atoms with Crippen molar-refractivity contribution in [2.45, 2.75) is 6.10 Å². The third kappa shape index (κ3) is 4.33. The Labute approximate surface area is 107 Å². The highest BCUT2D eigenvalue weighted by Gasteiger charge is 2.06. The van der Waals surface area contributed by atoms with Gasteiger partial charge < -0.3 is 20.8 Å². The molecular formula is C10H13IN2O3. The minimum Gasteiger partial charge on any atom is -0.394 e. The summed E-state index contributed by atoms with van der Waals surface area (Å²) in [6.45, 7) is -0.352. The second-order valence-corrected chi connectivity index (χ2v) is 4.31. The third-order valence-electron chi connectivity index (χ3n) is 1.83. The maximum absolute atomic E-state index is 11.4. The molecule has 2 amide bonds. The summed E-state index contributed by atoms with van der Waals surface area (Å²) in [5, 5.41) is 22.7. The average Bonchev–Trinajstić information content (AvgIpc) is 2.29. The number of aliphatic hydroxyl groups is 2. The van der Waals surface area contributed by atoms with Crippen molar-refractivity contribution in [2.75, 3.05) is 18.5 Å². The second-order valence-electron chi connectivity index (χ2n) is 3.15. The van der Waals surface area contributed by atoms with Gasteiger partial charge >= 0.3 is 6.03 Å². The molecule has 0 aromatic heterocycles. The zero-order chi connectivity index (χ0) is 12.0. The summed E-state index contributed by atoms with van der Waals surface area (Å²) in [5.41, 5.74) is 0.707. The predicted octanol–water partition coefficient (Wildman–Crippen LogP) is 0.766. The number of rotatable bonds is 4. The number of aliphatic hydroxyl groups excluding tert-OH is 2. The highest BCUT2D eigenvalue weighted by Crippen LogP contribution is 2.16. The van der Waals surface area contributed by atoms with E-state index in [0.29, 0.717) is 5.69 Å². The van der Waals surface area contributed by atoms with E-state index in [1.165, 1.54) is 0 Å². The summed E-state index contributed by atoms with van der Waals surface area (Å²) in [5.74, 6) is 0. The summed E-state index contributed by atoms with van der Waals surface area (Å²) < 4.78 is 0.929. The van der Waals surface area contributed by atoms with Gasteiger partial charge in [0.05, 0.1) is 18.4 Å². The van der Waals surface area contributed by atoms with Crippen LogP contribution in [0.2, 0.25) is 0 Å². The van der Waals surface area contributed by atoms with E-state index in [1.807, 2.05) is 18.2 Å². The molecule has 1 unspecified atom stereocenters. The number of amides is 2. The molecule has 0 aliphatic carbocycles. The van der Waals surface area contributed by atoms with Gasteiger partial charge in [0.15, 0.2) is 0 Å². The lowest BCUT2D eigenvalue weighted by molar-refractivity contribution is 0.0965. The van der Waals surface area contributed by atoms with Gasteiger partial charge in [-0.25, -0.2) is 4.79 Å². The van der Waals surface area contributed by atoms with E-state index in [0.717, 1.165) is 3.57 Å². The van der Waals surface area contributed by atoms with Gasteiger partial charge in [-0.2, -0.15) is 0 Å². The molecule has 1 aromatic carbocycles. The maximum atomic E-state index is 11.4. The Morgan fingerprint density at radius 1 is 1.44 bits per heavy atom. The number of halogens is 1. The molecule has 0 radical (unpaired) electrons. The molecule has 16 heavy (non-hydrogen) atoms. The molecule has 0 aliphatic heterocycles. The number of urea groups is 1. The van der Waals surface area contributed by atoms with Crippen LogP contribution in [-0.2, 0) is 0 Å². The number of carbonyl (C=O) groups excluding carboxylic acids is 1. The zero-order valence-electron chi connectivity index (χ0n) is 8.48. The van der Waals surface area contributed by atoms with E-state index < -0.39 is 12.1 Å². The number of hydrogen-bond donors (Lipinski definition) is 4. The van der Waals surface area contributed by atoms with Crippen molar-refractivity contribution >= 4 is 34.3 Å². The van der Waals surface area contributed by atoms with Crippen LogP contribution in [0.4, 0.5) is 10.5 Å². The van der Waals surface area contributed by atoms with E-state index in [-0.39, 0.29) is 13.2 Å². The molecule has 4 N–H and O–H groups in total. The van der Waals surface area contributed by atoms with Gasteiger partial charge in [-0.1, -0.05) is 12.1 Å². The lowest BCUT2D eigenvalue weighted by Gasteiger charge is -2.11. The van der Waals surface area contributed by atoms with Gasteiger partial charge in [0.25, 0.3) is 0 Å². The molecule has 0 bridgehead atoms. The van der Waals surface area contributed by atoms with Crippen LogP contribution in [0.25, 0.3) is 0 Å². The number of hydrogen-bond acceptors (Lipinski definition) is 3. The highest BCUT2D eigenvalue weighted by molar-refractivity contribution is 14.1. The van der Waals surface area contributed by atoms with E-state index in [9.17, 15) is 4.79 Å². The summed E-state index contributed by atoms with van der Waals surface area (Å²) >= 11 is 2.11. The molecule has 88 valence electrons. The van der Waals surface area contributed by atoms with Gasteiger partial charge in [0.1, 0.15) is 0 Å². The van der Waals surface area contributed by atoms with Crippen molar-refractivity contribution in [1.82, 2.24) is 5.32 Å². The molecule has 0 fully saturated rings. The molecule has 0 heterocycles. The summed E-state index contributed by atoms with van der Waals surface area (Å²) in [6.07, 6.45) is -0.930. The molecule has 1 aromatic rings. The monoisotopic (exact) mass is 336 g/mol. The number of benzene rings is 1. The minimum atomic E-state index is -0.930. The first-order valence-electron chi connectivity index (χ1n) is 4.71. The van der Waals surface area contributed by atoms with E-state index in [2.05, 4.69) is 33.2 Å². The van der Waals surface area contributed by atoms with Crippen LogP contribution in [0.5, 0.6) is 0 Å². The van der Waals surface area contributed by atoms with Crippen LogP contribution in [0.15, 0.2) is 24.3 Å². The first kappa shape index (κ1) is 13.2. The number of nitrogens with one attached hydrogen (secondary N) is 2. The maximum Gasteiger partial charge on any atom is 0.319 e. The van der Waals surface area contributed by atoms with Gasteiger partial charge in [0, 0.05) is 10.1 Å². The standard InChI is InChI=1S/C10H13IN2O3/c11-8-3-1-2-4-9(8)13-10(16)12-5-7(15)6-14/h1-4,7,14-15H,5-6H2,(H2,12,13,16). The van der Waals surface area contributed by atoms with Crippen molar-refractivity contribution in [3.05, 3.63) is 27.8 Å². The normalized spacial score (nSPS) is 11.9. The Morgan fingerprint density at radius 3 is 2.75 bits per heavy atom. The predicted molar refractivity (Wildman–Crippen MR) is 69.3 cm³/mol. The van der Waals surface area contributed by atoms with Crippen molar-refractivity contribution in [3.8, 4) is 0 Å². The first-order valence-corrected chi connectivity index (χ1v) is 5.79. The third-order valence-corrected chi connectivity index (χ3v) is 2.77. The molecule has 1 rings (SSSR count). The summed E-state index contributed by atoms with van der Waals surface area (Å²) in [4.78, 5) is 11.4. The molecule has 0 saturated carbocycles. The Kier molecular flexibility index (Phi) is 5.50. The van der Waals surface area contributed by atoms with Crippen LogP contribution in [0.3, 0.4) is 0 Å². The molecule has 1 atom stereocenters. The lowest BCUT2D eigenvalue weighted by atomic mass is 10.3. The minimum absolute atomic E-state index is 0.0196. The summed E-state index contributed by atoms with van der Waals surface area (Å²) in [7, 11) is 0. The fourth-order valence-corrected chi connectivity index (χ4v) is 1.53. The zero-order valence-corrected chi connectivity index (χ0v) is 10.6. The Balaban J connectivity index is 2.43. The largest absolute Gasteiger partial charge is 0.394 e. The highest BCUT2D eigenvalue weighted by atomic mass is 127. The van der Waals surface area contributed by atoms with E-state index in [4.69, 9.17) is 10.2 Å². The van der Waals surface area contributed by atoms with Crippen molar-refractivity contribution < 1.29 is 15.0 Å². The lowest BCUT2D eigenvalue weighted by Crippen LogP contribution is -2.36. The summed E-state index contributed by atoms with van der Waals surface area (Å²) in [6, 6.07) is 6.94. The van der Waals surface area contributed by atoms with E-state index >= 15 is 0 Å². The molecule has 6 heteroatoms. The molecule has 0 aliphatic rings. The SMILES string of the molecule is O=C(NCC(O)CO)Nc1ccccc1I. The fourth-order valence-electron chi connectivity index (χ4n) is 1.00. The van der Waals surface area contributed by atoms with Crippen LogP contribution in [0, 0.1) is 3.57 Å². The Bertz CT molecular complexity index is 360. The first-order chi connectivity index (χ1) is 7.63. The molecular weight excluding hydrogens is 323 g/mol. The van der Waals surface area contributed by atoms with Crippen LogP contribution in [0.1, 0.15) is 0 Å².